The lowest BCUT2D eigenvalue weighted by Gasteiger charge is -2.14. The van der Waals surface area contributed by atoms with E-state index in [0.717, 1.165) is 10.6 Å². The van der Waals surface area contributed by atoms with Gasteiger partial charge in [0.05, 0.1) is 17.9 Å². The molecule has 0 heterocycles. The number of thioether (sulfide) groups is 2. The van der Waals surface area contributed by atoms with Crippen molar-refractivity contribution in [2.45, 2.75) is 22.0 Å². The van der Waals surface area contributed by atoms with E-state index in [9.17, 15) is 9.59 Å². The molecule has 1 unspecified atom stereocenters. The van der Waals surface area contributed by atoms with Gasteiger partial charge in [-0.3, -0.25) is 4.79 Å². The minimum Gasteiger partial charge on any atom is -0.465 e. The molecule has 0 spiro atoms. The van der Waals surface area contributed by atoms with Gasteiger partial charge < -0.3 is 10.1 Å². The summed E-state index contributed by atoms with van der Waals surface area (Å²) in [5.41, 5.74) is 0.481. The zero-order chi connectivity index (χ0) is 18.1. The van der Waals surface area contributed by atoms with Crippen molar-refractivity contribution in [3.05, 3.63) is 60.2 Å². The van der Waals surface area contributed by atoms with Crippen molar-refractivity contribution in [3.8, 4) is 0 Å². The normalized spacial score (nSPS) is 11.6. The highest BCUT2D eigenvalue weighted by molar-refractivity contribution is 8.00. The lowest BCUT2D eigenvalue weighted by Crippen LogP contribution is -2.32. The highest BCUT2D eigenvalue weighted by atomic mass is 32.2. The van der Waals surface area contributed by atoms with Crippen molar-refractivity contribution in [1.82, 2.24) is 5.32 Å². The van der Waals surface area contributed by atoms with Crippen LogP contribution in [0.3, 0.4) is 0 Å². The number of benzene rings is 2. The number of rotatable bonds is 8. The lowest BCUT2D eigenvalue weighted by atomic mass is 10.2. The largest absolute Gasteiger partial charge is 0.465 e. The van der Waals surface area contributed by atoms with Crippen LogP contribution >= 0.6 is 23.5 Å². The Morgan fingerprint density at radius 3 is 2.48 bits per heavy atom. The molecule has 0 aliphatic heterocycles. The molecule has 1 amide bonds. The molecule has 25 heavy (non-hydrogen) atoms. The lowest BCUT2D eigenvalue weighted by molar-refractivity contribution is -0.120. The second-order valence-corrected chi connectivity index (χ2v) is 7.75. The first-order valence-electron chi connectivity index (χ1n) is 7.91. The van der Waals surface area contributed by atoms with E-state index in [0.29, 0.717) is 12.1 Å². The van der Waals surface area contributed by atoms with E-state index in [-0.39, 0.29) is 11.2 Å². The van der Waals surface area contributed by atoms with Gasteiger partial charge >= 0.3 is 5.97 Å². The number of hydrogen-bond donors (Lipinski definition) is 1. The van der Waals surface area contributed by atoms with Crippen LogP contribution in [0.5, 0.6) is 0 Å². The van der Waals surface area contributed by atoms with Gasteiger partial charge in [0.2, 0.25) is 5.91 Å². The number of esters is 1. The van der Waals surface area contributed by atoms with Crippen molar-refractivity contribution in [3.63, 3.8) is 0 Å². The Bertz CT molecular complexity index is 707. The first kappa shape index (κ1) is 19.4. The minimum absolute atomic E-state index is 0.0432. The van der Waals surface area contributed by atoms with Crippen LogP contribution < -0.4 is 5.32 Å². The van der Waals surface area contributed by atoms with E-state index in [2.05, 4.69) is 17.4 Å². The molecule has 132 valence electrons. The van der Waals surface area contributed by atoms with Gasteiger partial charge in [0.15, 0.2) is 0 Å². The number of ether oxygens (including phenoxy) is 1. The third-order valence-corrected chi connectivity index (χ3v) is 5.57. The fraction of sp³-hybridized carbons (Fsp3) is 0.263. The molecule has 2 aromatic carbocycles. The van der Waals surface area contributed by atoms with Crippen molar-refractivity contribution < 1.29 is 14.3 Å². The van der Waals surface area contributed by atoms with Crippen LogP contribution in [0.1, 0.15) is 17.3 Å². The summed E-state index contributed by atoms with van der Waals surface area (Å²) in [5, 5.41) is 2.64. The third kappa shape index (κ3) is 6.14. The Labute approximate surface area is 156 Å². The average Bonchev–Trinajstić information content (AvgIpc) is 2.65. The zero-order valence-corrected chi connectivity index (χ0v) is 15.9. The second-order valence-electron chi connectivity index (χ2n) is 5.20. The topological polar surface area (TPSA) is 55.4 Å². The van der Waals surface area contributed by atoms with Crippen molar-refractivity contribution in [2.24, 2.45) is 0 Å². The highest BCUT2D eigenvalue weighted by Crippen LogP contribution is 2.27. The quantitative estimate of drug-likeness (QED) is 0.431. The maximum atomic E-state index is 12.3. The summed E-state index contributed by atoms with van der Waals surface area (Å²) in [6.45, 7) is 2.43. The fourth-order valence-electron chi connectivity index (χ4n) is 2.10. The second kappa shape index (κ2) is 10.2. The summed E-state index contributed by atoms with van der Waals surface area (Å²) < 4.78 is 4.78. The third-order valence-electron chi connectivity index (χ3n) is 3.38. The SMILES string of the molecule is COC(=O)c1ccccc1SC(C)C(=O)NCCSc1ccccc1. The van der Waals surface area contributed by atoms with E-state index in [1.54, 1.807) is 23.9 Å². The van der Waals surface area contributed by atoms with Gasteiger partial charge in [0.25, 0.3) is 0 Å². The van der Waals surface area contributed by atoms with Crippen LogP contribution in [-0.4, -0.2) is 36.5 Å². The average molecular weight is 376 g/mol. The Morgan fingerprint density at radius 2 is 1.76 bits per heavy atom. The number of carbonyl (C=O) groups excluding carboxylic acids is 2. The number of nitrogens with one attached hydrogen (secondary N) is 1. The first-order chi connectivity index (χ1) is 12.1. The maximum absolute atomic E-state index is 12.3. The van der Waals surface area contributed by atoms with Gasteiger partial charge in [-0.05, 0) is 31.2 Å². The molecule has 2 aromatic rings. The Hall–Kier alpha value is -1.92. The van der Waals surface area contributed by atoms with Crippen LogP contribution in [0, 0.1) is 0 Å². The van der Waals surface area contributed by atoms with Crippen LogP contribution in [0.15, 0.2) is 64.4 Å². The molecule has 0 aliphatic carbocycles. The fourth-order valence-corrected chi connectivity index (χ4v) is 3.89. The van der Waals surface area contributed by atoms with Crippen LogP contribution in [0.25, 0.3) is 0 Å². The van der Waals surface area contributed by atoms with Gasteiger partial charge in [0.1, 0.15) is 0 Å². The molecule has 1 N–H and O–H groups in total. The van der Waals surface area contributed by atoms with E-state index >= 15 is 0 Å². The minimum atomic E-state index is -0.394. The van der Waals surface area contributed by atoms with E-state index in [4.69, 9.17) is 4.74 Å². The summed E-state index contributed by atoms with van der Waals surface area (Å²) in [7, 11) is 1.35. The van der Waals surface area contributed by atoms with E-state index < -0.39 is 5.97 Å². The molecule has 0 saturated carbocycles. The van der Waals surface area contributed by atoms with Crippen LogP contribution in [0.2, 0.25) is 0 Å². The van der Waals surface area contributed by atoms with Crippen molar-refractivity contribution >= 4 is 35.4 Å². The zero-order valence-electron chi connectivity index (χ0n) is 14.2. The molecule has 0 saturated heterocycles. The molecule has 2 rings (SSSR count). The standard InChI is InChI=1S/C19H21NO3S2/c1-14(25-17-11-7-6-10-16(17)19(22)23-2)18(21)20-12-13-24-15-8-4-3-5-9-15/h3-11,14H,12-13H2,1-2H3,(H,20,21). The molecule has 4 nitrogen and oxygen atoms in total. The van der Waals surface area contributed by atoms with E-state index in [1.165, 1.54) is 23.8 Å². The van der Waals surface area contributed by atoms with Crippen molar-refractivity contribution in [2.75, 3.05) is 19.4 Å². The number of amides is 1. The van der Waals surface area contributed by atoms with Gasteiger partial charge in [-0.25, -0.2) is 4.79 Å². The summed E-state index contributed by atoms with van der Waals surface area (Å²) in [5.74, 6) is 0.375. The van der Waals surface area contributed by atoms with E-state index in [1.807, 2.05) is 37.3 Å². The molecule has 6 heteroatoms. The molecule has 0 bridgehead atoms. The van der Waals surface area contributed by atoms with Gasteiger partial charge in [-0.15, -0.1) is 23.5 Å². The Kier molecular flexibility index (Phi) is 7.88. The summed E-state index contributed by atoms with van der Waals surface area (Å²) in [6, 6.07) is 17.2. The summed E-state index contributed by atoms with van der Waals surface area (Å²) in [6.07, 6.45) is 0. The smallest absolute Gasteiger partial charge is 0.338 e. The summed E-state index contributed by atoms with van der Waals surface area (Å²) >= 11 is 3.06. The maximum Gasteiger partial charge on any atom is 0.338 e. The predicted octanol–water partition coefficient (Wildman–Crippen LogP) is 3.86. The van der Waals surface area contributed by atoms with Crippen LogP contribution in [0.4, 0.5) is 0 Å². The number of carbonyl (C=O) groups is 2. The number of methoxy groups -OCH3 is 1. The van der Waals surface area contributed by atoms with Crippen LogP contribution in [-0.2, 0) is 9.53 Å². The van der Waals surface area contributed by atoms with Gasteiger partial charge in [-0.2, -0.15) is 0 Å². The molecular weight excluding hydrogens is 354 g/mol. The molecule has 1 atom stereocenters. The molecular formula is C19H21NO3S2. The molecule has 0 radical (unpaired) electrons. The molecule has 0 aromatic heterocycles. The predicted molar refractivity (Wildman–Crippen MR) is 103 cm³/mol. The number of hydrogen-bond acceptors (Lipinski definition) is 5. The van der Waals surface area contributed by atoms with Gasteiger partial charge in [0, 0.05) is 22.1 Å². The molecule has 0 aliphatic rings. The monoisotopic (exact) mass is 375 g/mol. The van der Waals surface area contributed by atoms with Gasteiger partial charge in [-0.1, -0.05) is 30.3 Å². The van der Waals surface area contributed by atoms with Crippen molar-refractivity contribution in [1.29, 1.82) is 0 Å². The highest BCUT2D eigenvalue weighted by Gasteiger charge is 2.18. The first-order valence-corrected chi connectivity index (χ1v) is 9.78. The Morgan fingerprint density at radius 1 is 1.08 bits per heavy atom. The molecule has 0 fully saturated rings. The summed E-state index contributed by atoms with van der Waals surface area (Å²) in [4.78, 5) is 26.0. The Balaban J connectivity index is 1.81.